The van der Waals surface area contributed by atoms with E-state index in [1.807, 2.05) is 0 Å². The van der Waals surface area contributed by atoms with Gasteiger partial charge in [0, 0.05) is 0 Å². The topological polar surface area (TPSA) is 96.0 Å². The van der Waals surface area contributed by atoms with Gasteiger partial charge >= 0.3 is 23.9 Å². The zero-order valence-corrected chi connectivity index (χ0v) is 10.4. The number of hydrogen-bond donors (Lipinski definition) is 0. The molecule has 1 aliphatic heterocycles. The van der Waals surface area contributed by atoms with E-state index < -0.39 is 41.1 Å². The van der Waals surface area contributed by atoms with Crippen molar-refractivity contribution in [2.24, 2.45) is 17.3 Å². The standard InChI is InChI=1S/C12H12O7/c1-5-4-6-7(9(14)19-8(6)13)12(5,10(15)17-2)11(16)18-3/h6-7H,1,4H2,2-3H3. The third kappa shape index (κ3) is 1.44. The summed E-state index contributed by atoms with van der Waals surface area (Å²) in [5, 5.41) is 0. The molecule has 1 saturated heterocycles. The molecule has 2 rings (SSSR count). The Morgan fingerprint density at radius 2 is 1.74 bits per heavy atom. The summed E-state index contributed by atoms with van der Waals surface area (Å²) in [7, 11) is 2.16. The lowest BCUT2D eigenvalue weighted by atomic mass is 9.74. The van der Waals surface area contributed by atoms with Gasteiger partial charge in [-0.15, -0.1) is 0 Å². The Morgan fingerprint density at radius 3 is 2.21 bits per heavy atom. The zero-order chi connectivity index (χ0) is 14.4. The molecule has 0 N–H and O–H groups in total. The van der Waals surface area contributed by atoms with E-state index >= 15 is 0 Å². The first-order chi connectivity index (χ1) is 8.91. The lowest BCUT2D eigenvalue weighted by Crippen LogP contribution is -2.48. The molecule has 0 aromatic heterocycles. The van der Waals surface area contributed by atoms with Crippen molar-refractivity contribution in [1.29, 1.82) is 0 Å². The summed E-state index contributed by atoms with van der Waals surface area (Å²) in [5.41, 5.74) is -1.86. The Balaban J connectivity index is 2.62. The van der Waals surface area contributed by atoms with Crippen molar-refractivity contribution in [2.75, 3.05) is 14.2 Å². The van der Waals surface area contributed by atoms with E-state index in [-0.39, 0.29) is 12.0 Å². The molecular weight excluding hydrogens is 256 g/mol. The van der Waals surface area contributed by atoms with E-state index in [9.17, 15) is 19.2 Å². The molecule has 0 aromatic rings. The van der Waals surface area contributed by atoms with E-state index in [1.54, 1.807) is 0 Å². The Hall–Kier alpha value is -2.18. The highest BCUT2D eigenvalue weighted by atomic mass is 16.6. The van der Waals surface area contributed by atoms with Crippen LogP contribution in [0, 0.1) is 17.3 Å². The van der Waals surface area contributed by atoms with Crippen molar-refractivity contribution in [3.63, 3.8) is 0 Å². The molecule has 19 heavy (non-hydrogen) atoms. The monoisotopic (exact) mass is 268 g/mol. The van der Waals surface area contributed by atoms with E-state index in [0.29, 0.717) is 0 Å². The van der Waals surface area contributed by atoms with Gasteiger partial charge in [-0.1, -0.05) is 6.58 Å². The van der Waals surface area contributed by atoms with Crippen molar-refractivity contribution in [3.8, 4) is 0 Å². The molecule has 0 amide bonds. The van der Waals surface area contributed by atoms with Gasteiger partial charge in [0.15, 0.2) is 5.41 Å². The first-order valence-corrected chi connectivity index (χ1v) is 5.51. The Bertz CT molecular complexity index is 488. The quantitative estimate of drug-likeness (QED) is 0.291. The second-order valence-electron chi connectivity index (χ2n) is 4.42. The van der Waals surface area contributed by atoms with Gasteiger partial charge in [0.2, 0.25) is 0 Å². The van der Waals surface area contributed by atoms with Crippen LogP contribution in [-0.2, 0) is 33.4 Å². The van der Waals surface area contributed by atoms with Crippen LogP contribution < -0.4 is 0 Å². The molecular formula is C12H12O7. The Kier molecular flexibility index (Phi) is 2.92. The molecule has 0 spiro atoms. The van der Waals surface area contributed by atoms with Crippen LogP contribution in [0.25, 0.3) is 0 Å². The van der Waals surface area contributed by atoms with Crippen LogP contribution >= 0.6 is 0 Å². The molecule has 2 aliphatic rings. The lowest BCUT2D eigenvalue weighted by molar-refractivity contribution is -0.173. The highest BCUT2D eigenvalue weighted by Crippen LogP contribution is 2.55. The van der Waals surface area contributed by atoms with E-state index in [4.69, 9.17) is 0 Å². The van der Waals surface area contributed by atoms with Gasteiger partial charge in [0.1, 0.15) is 5.92 Å². The van der Waals surface area contributed by atoms with Crippen molar-refractivity contribution in [2.45, 2.75) is 6.42 Å². The minimum atomic E-state index is -1.99. The summed E-state index contributed by atoms with van der Waals surface area (Å²) in [6, 6.07) is 0. The molecule has 102 valence electrons. The second-order valence-corrected chi connectivity index (χ2v) is 4.42. The summed E-state index contributed by atoms with van der Waals surface area (Å²) < 4.78 is 13.7. The molecule has 1 saturated carbocycles. The van der Waals surface area contributed by atoms with Gasteiger partial charge in [-0.25, -0.2) is 0 Å². The van der Waals surface area contributed by atoms with Crippen LogP contribution in [0.1, 0.15) is 6.42 Å². The van der Waals surface area contributed by atoms with Crippen molar-refractivity contribution >= 4 is 23.9 Å². The molecule has 0 radical (unpaired) electrons. The van der Waals surface area contributed by atoms with Gasteiger partial charge in [0.25, 0.3) is 0 Å². The highest BCUT2D eigenvalue weighted by molar-refractivity contribution is 6.12. The van der Waals surface area contributed by atoms with Gasteiger partial charge in [0.05, 0.1) is 20.1 Å². The summed E-state index contributed by atoms with van der Waals surface area (Å²) in [6.45, 7) is 3.64. The van der Waals surface area contributed by atoms with Crippen LogP contribution in [0.3, 0.4) is 0 Å². The SMILES string of the molecule is C=C1CC2C(=O)OC(=O)C2C1(C(=O)OC)C(=O)OC. The Morgan fingerprint density at radius 1 is 1.21 bits per heavy atom. The van der Waals surface area contributed by atoms with Gasteiger partial charge in [-0.2, -0.15) is 0 Å². The fraction of sp³-hybridized carbons (Fsp3) is 0.500. The summed E-state index contributed by atoms with van der Waals surface area (Å²) >= 11 is 0. The maximum atomic E-state index is 12.0. The van der Waals surface area contributed by atoms with Crippen molar-refractivity contribution < 1.29 is 33.4 Å². The second kappa shape index (κ2) is 4.18. The third-order valence-corrected chi connectivity index (χ3v) is 3.67. The minimum Gasteiger partial charge on any atom is -0.468 e. The molecule has 7 heteroatoms. The van der Waals surface area contributed by atoms with Crippen molar-refractivity contribution in [3.05, 3.63) is 12.2 Å². The summed E-state index contributed by atoms with van der Waals surface area (Å²) in [4.78, 5) is 47.4. The maximum absolute atomic E-state index is 12.0. The van der Waals surface area contributed by atoms with Gasteiger partial charge in [-0.05, 0) is 12.0 Å². The third-order valence-electron chi connectivity index (χ3n) is 3.67. The number of methoxy groups -OCH3 is 2. The van der Waals surface area contributed by atoms with Crippen LogP contribution in [-0.4, -0.2) is 38.1 Å². The predicted molar refractivity (Wildman–Crippen MR) is 58.3 cm³/mol. The van der Waals surface area contributed by atoms with Crippen LogP contribution in [0.5, 0.6) is 0 Å². The number of ether oxygens (including phenoxy) is 3. The number of cyclic esters (lactones) is 2. The average molecular weight is 268 g/mol. The molecule has 1 aliphatic carbocycles. The number of fused-ring (bicyclic) bond motifs is 1. The molecule has 1 heterocycles. The molecule has 2 atom stereocenters. The van der Waals surface area contributed by atoms with E-state index in [0.717, 1.165) is 14.2 Å². The fourth-order valence-corrected chi connectivity index (χ4v) is 2.81. The number of hydrogen-bond acceptors (Lipinski definition) is 7. The number of rotatable bonds is 2. The maximum Gasteiger partial charge on any atom is 0.328 e. The van der Waals surface area contributed by atoms with E-state index in [1.165, 1.54) is 0 Å². The highest BCUT2D eigenvalue weighted by Gasteiger charge is 2.71. The smallest absolute Gasteiger partial charge is 0.328 e. The number of esters is 4. The lowest BCUT2D eigenvalue weighted by Gasteiger charge is -2.27. The van der Waals surface area contributed by atoms with Crippen molar-refractivity contribution in [1.82, 2.24) is 0 Å². The summed E-state index contributed by atoms with van der Waals surface area (Å²) in [6.07, 6.45) is 0.0133. The minimum absolute atomic E-state index is 0.0133. The first kappa shape index (κ1) is 13.3. The molecule has 2 unspecified atom stereocenters. The summed E-state index contributed by atoms with van der Waals surface area (Å²) in [5.74, 6) is -5.77. The largest absolute Gasteiger partial charge is 0.468 e. The molecule has 0 aromatic carbocycles. The number of carbonyl (C=O) groups excluding carboxylic acids is 4. The van der Waals surface area contributed by atoms with Gasteiger partial charge < -0.3 is 14.2 Å². The normalized spacial score (nSPS) is 27.8. The number of carbonyl (C=O) groups is 4. The van der Waals surface area contributed by atoms with Crippen LogP contribution in [0.15, 0.2) is 12.2 Å². The molecule has 2 fully saturated rings. The molecule has 0 bridgehead atoms. The molecule has 7 nitrogen and oxygen atoms in total. The van der Waals surface area contributed by atoms with Gasteiger partial charge in [-0.3, -0.25) is 19.2 Å². The van der Waals surface area contributed by atoms with E-state index in [2.05, 4.69) is 20.8 Å². The Labute approximate surface area is 108 Å². The van der Waals surface area contributed by atoms with Crippen LogP contribution in [0.4, 0.5) is 0 Å². The zero-order valence-electron chi connectivity index (χ0n) is 10.4. The first-order valence-electron chi connectivity index (χ1n) is 5.51. The fourth-order valence-electron chi connectivity index (χ4n) is 2.81. The predicted octanol–water partition coefficient (Wildman–Crippen LogP) is -0.406. The average Bonchev–Trinajstić information content (AvgIpc) is 2.84. The van der Waals surface area contributed by atoms with Crippen LogP contribution in [0.2, 0.25) is 0 Å².